The number of carbonyl (C=O) groups excluding carboxylic acids is 1. The Morgan fingerprint density at radius 3 is 2.86 bits per heavy atom. The molecule has 0 fully saturated rings. The minimum atomic E-state index is -0.475. The Balaban J connectivity index is 1.47. The number of fused-ring (bicyclic) bond motifs is 1. The van der Waals surface area contributed by atoms with E-state index in [-0.39, 0.29) is 12.5 Å². The van der Waals surface area contributed by atoms with Crippen molar-refractivity contribution in [3.8, 4) is 22.9 Å². The maximum absolute atomic E-state index is 12.3. The third kappa shape index (κ3) is 3.52. The SMILES string of the molecule is COc1ccc(-c2noc(COC(=O)c3ccc4ncsc4c3)n2)c(OC)c1. The number of thiazole rings is 1. The summed E-state index contributed by atoms with van der Waals surface area (Å²) < 4.78 is 21.9. The fourth-order valence-electron chi connectivity index (χ4n) is 2.60. The lowest BCUT2D eigenvalue weighted by molar-refractivity contribution is 0.0430. The highest BCUT2D eigenvalue weighted by atomic mass is 32.1. The number of rotatable bonds is 6. The molecule has 142 valence electrons. The summed E-state index contributed by atoms with van der Waals surface area (Å²) in [5.74, 6) is 1.23. The lowest BCUT2D eigenvalue weighted by atomic mass is 10.2. The average Bonchev–Trinajstić information content (AvgIpc) is 3.40. The van der Waals surface area contributed by atoms with Crippen LogP contribution in [-0.4, -0.2) is 35.3 Å². The summed E-state index contributed by atoms with van der Waals surface area (Å²) in [6.45, 7) is -0.134. The highest BCUT2D eigenvalue weighted by Gasteiger charge is 2.16. The van der Waals surface area contributed by atoms with Crippen molar-refractivity contribution in [2.45, 2.75) is 6.61 Å². The van der Waals surface area contributed by atoms with Gasteiger partial charge in [-0.1, -0.05) is 5.16 Å². The van der Waals surface area contributed by atoms with E-state index in [1.54, 1.807) is 56.1 Å². The second-order valence-corrected chi connectivity index (χ2v) is 6.58. The molecule has 2 heterocycles. The molecule has 0 atom stereocenters. The Bertz CT molecular complexity index is 1140. The van der Waals surface area contributed by atoms with Crippen LogP contribution in [0.15, 0.2) is 46.4 Å². The van der Waals surface area contributed by atoms with Crippen molar-refractivity contribution in [2.24, 2.45) is 0 Å². The van der Waals surface area contributed by atoms with Crippen LogP contribution in [0.1, 0.15) is 16.2 Å². The van der Waals surface area contributed by atoms with E-state index in [9.17, 15) is 4.79 Å². The maximum atomic E-state index is 12.3. The smallest absolute Gasteiger partial charge is 0.338 e. The van der Waals surface area contributed by atoms with E-state index >= 15 is 0 Å². The Morgan fingerprint density at radius 2 is 2.04 bits per heavy atom. The molecular weight excluding hydrogens is 382 g/mol. The standard InChI is InChI=1S/C19H15N3O5S/c1-24-12-4-5-13(15(8-12)25-2)18-21-17(27-22-18)9-26-19(23)11-3-6-14-16(7-11)28-10-20-14/h3-8,10H,9H2,1-2H3. The van der Waals surface area contributed by atoms with Crippen LogP contribution in [0.2, 0.25) is 0 Å². The largest absolute Gasteiger partial charge is 0.497 e. The van der Waals surface area contributed by atoms with Crippen molar-refractivity contribution < 1.29 is 23.5 Å². The van der Waals surface area contributed by atoms with Gasteiger partial charge in [0, 0.05) is 6.07 Å². The van der Waals surface area contributed by atoms with Gasteiger partial charge in [0.1, 0.15) is 11.5 Å². The molecule has 0 aliphatic carbocycles. The minimum absolute atomic E-state index is 0.134. The predicted octanol–water partition coefficient (Wildman–Crippen LogP) is 3.72. The van der Waals surface area contributed by atoms with Gasteiger partial charge in [-0.15, -0.1) is 11.3 Å². The van der Waals surface area contributed by atoms with Crippen LogP contribution in [0.3, 0.4) is 0 Å². The van der Waals surface area contributed by atoms with Gasteiger partial charge in [0.15, 0.2) is 6.61 Å². The Labute approximate surface area is 163 Å². The van der Waals surface area contributed by atoms with Gasteiger partial charge >= 0.3 is 5.97 Å². The maximum Gasteiger partial charge on any atom is 0.338 e. The van der Waals surface area contributed by atoms with Gasteiger partial charge in [0.2, 0.25) is 5.82 Å². The van der Waals surface area contributed by atoms with Gasteiger partial charge in [-0.3, -0.25) is 0 Å². The van der Waals surface area contributed by atoms with Crippen LogP contribution in [0.5, 0.6) is 11.5 Å². The highest BCUT2D eigenvalue weighted by Crippen LogP contribution is 2.31. The molecule has 8 nitrogen and oxygen atoms in total. The number of hydrogen-bond acceptors (Lipinski definition) is 9. The number of nitrogens with zero attached hydrogens (tertiary/aromatic N) is 3. The topological polar surface area (TPSA) is 96.6 Å². The second-order valence-electron chi connectivity index (χ2n) is 5.69. The van der Waals surface area contributed by atoms with Crippen LogP contribution in [0, 0.1) is 0 Å². The number of methoxy groups -OCH3 is 2. The molecule has 28 heavy (non-hydrogen) atoms. The molecule has 0 saturated carbocycles. The number of benzene rings is 2. The molecule has 4 rings (SSSR count). The van der Waals surface area contributed by atoms with Crippen molar-refractivity contribution in [3.63, 3.8) is 0 Å². The molecule has 9 heteroatoms. The molecule has 4 aromatic rings. The number of carbonyl (C=O) groups is 1. The van der Waals surface area contributed by atoms with Crippen LogP contribution >= 0.6 is 11.3 Å². The van der Waals surface area contributed by atoms with Crippen LogP contribution in [0.25, 0.3) is 21.6 Å². The first-order chi connectivity index (χ1) is 13.7. The molecule has 0 radical (unpaired) electrons. The minimum Gasteiger partial charge on any atom is -0.497 e. The third-order valence-corrected chi connectivity index (χ3v) is 4.80. The summed E-state index contributed by atoms with van der Waals surface area (Å²) in [7, 11) is 3.11. The van der Waals surface area contributed by atoms with Crippen molar-refractivity contribution in [2.75, 3.05) is 14.2 Å². The molecule has 2 aromatic carbocycles. The second kappa shape index (κ2) is 7.65. The van der Waals surface area contributed by atoms with Gasteiger partial charge in [-0.2, -0.15) is 4.98 Å². The zero-order chi connectivity index (χ0) is 19.5. The number of hydrogen-bond donors (Lipinski definition) is 0. The zero-order valence-electron chi connectivity index (χ0n) is 15.0. The molecule has 0 unspecified atom stereocenters. The molecule has 0 saturated heterocycles. The van der Waals surface area contributed by atoms with E-state index in [4.69, 9.17) is 18.7 Å². The summed E-state index contributed by atoms with van der Waals surface area (Å²) in [6, 6.07) is 10.5. The van der Waals surface area contributed by atoms with Crippen molar-refractivity contribution in [1.82, 2.24) is 15.1 Å². The molecule has 0 spiro atoms. The fourth-order valence-corrected chi connectivity index (χ4v) is 3.32. The Morgan fingerprint density at radius 1 is 1.14 bits per heavy atom. The fraction of sp³-hybridized carbons (Fsp3) is 0.158. The molecule has 0 aliphatic heterocycles. The monoisotopic (exact) mass is 397 g/mol. The third-order valence-electron chi connectivity index (χ3n) is 4.01. The number of aromatic nitrogens is 3. The molecule has 0 amide bonds. The lowest BCUT2D eigenvalue weighted by Crippen LogP contribution is -2.05. The summed E-state index contributed by atoms with van der Waals surface area (Å²) in [5, 5.41) is 3.93. The highest BCUT2D eigenvalue weighted by molar-refractivity contribution is 7.16. The molecule has 2 aromatic heterocycles. The Kier molecular flexibility index (Phi) is 4.90. The molecule has 0 N–H and O–H groups in total. The van der Waals surface area contributed by atoms with Gasteiger partial charge in [-0.05, 0) is 30.3 Å². The molecule has 0 bridgehead atoms. The van der Waals surface area contributed by atoms with E-state index in [0.29, 0.717) is 28.5 Å². The Hall–Kier alpha value is -3.46. The summed E-state index contributed by atoms with van der Waals surface area (Å²) in [4.78, 5) is 20.7. The lowest BCUT2D eigenvalue weighted by Gasteiger charge is -2.07. The van der Waals surface area contributed by atoms with Gasteiger partial charge in [0.25, 0.3) is 5.89 Å². The molecule has 0 aliphatic rings. The van der Waals surface area contributed by atoms with E-state index in [2.05, 4.69) is 15.1 Å². The van der Waals surface area contributed by atoms with E-state index in [1.165, 1.54) is 11.3 Å². The number of ether oxygens (including phenoxy) is 3. The van der Waals surface area contributed by atoms with Crippen LogP contribution in [-0.2, 0) is 11.3 Å². The van der Waals surface area contributed by atoms with E-state index in [1.807, 2.05) is 0 Å². The predicted molar refractivity (Wildman–Crippen MR) is 102 cm³/mol. The van der Waals surface area contributed by atoms with Gasteiger partial charge < -0.3 is 18.7 Å². The summed E-state index contributed by atoms with van der Waals surface area (Å²) in [6.07, 6.45) is 0. The quantitative estimate of drug-likeness (QED) is 0.454. The van der Waals surface area contributed by atoms with Crippen LogP contribution < -0.4 is 9.47 Å². The summed E-state index contributed by atoms with van der Waals surface area (Å²) in [5.41, 5.74) is 3.65. The first-order valence-corrected chi connectivity index (χ1v) is 9.11. The average molecular weight is 397 g/mol. The summed E-state index contributed by atoms with van der Waals surface area (Å²) >= 11 is 1.46. The molecular formula is C19H15N3O5S. The first-order valence-electron chi connectivity index (χ1n) is 8.23. The van der Waals surface area contributed by atoms with Crippen molar-refractivity contribution in [1.29, 1.82) is 0 Å². The normalized spacial score (nSPS) is 10.8. The number of esters is 1. The van der Waals surface area contributed by atoms with Crippen LogP contribution in [0.4, 0.5) is 0 Å². The van der Waals surface area contributed by atoms with Crippen molar-refractivity contribution >= 4 is 27.5 Å². The van der Waals surface area contributed by atoms with Gasteiger partial charge in [-0.25, -0.2) is 9.78 Å². The van der Waals surface area contributed by atoms with Crippen molar-refractivity contribution in [3.05, 3.63) is 53.4 Å². The zero-order valence-corrected chi connectivity index (χ0v) is 15.9. The van der Waals surface area contributed by atoms with Gasteiger partial charge in [0.05, 0.1) is 41.1 Å². The van der Waals surface area contributed by atoms with E-state index < -0.39 is 5.97 Å². The first kappa shape index (κ1) is 17.9. The van der Waals surface area contributed by atoms with E-state index in [0.717, 1.165) is 10.2 Å².